The number of hydrogen-bond donors (Lipinski definition) is 3. The molecular formula is C20H19FN4O2. The minimum atomic E-state index is -0.451. The molecule has 0 unspecified atom stereocenters. The summed E-state index contributed by atoms with van der Waals surface area (Å²) in [5.41, 5.74) is 3.40. The molecule has 0 radical (unpaired) electrons. The summed E-state index contributed by atoms with van der Waals surface area (Å²) < 4.78 is 18.6. The molecule has 0 saturated heterocycles. The predicted octanol–water partition coefficient (Wildman–Crippen LogP) is 4.75. The van der Waals surface area contributed by atoms with Gasteiger partial charge in [-0.25, -0.2) is 9.18 Å². The Morgan fingerprint density at radius 1 is 1.19 bits per heavy atom. The second kappa shape index (κ2) is 7.11. The largest absolute Gasteiger partial charge is 0.497 e. The second-order valence-corrected chi connectivity index (χ2v) is 6.46. The van der Waals surface area contributed by atoms with Crippen molar-refractivity contribution in [2.24, 2.45) is 0 Å². The molecule has 138 valence electrons. The molecule has 1 aliphatic carbocycles. The van der Waals surface area contributed by atoms with Crippen LogP contribution in [0.15, 0.2) is 48.5 Å². The van der Waals surface area contributed by atoms with Crippen molar-refractivity contribution in [2.45, 2.75) is 18.8 Å². The highest BCUT2D eigenvalue weighted by Gasteiger charge is 2.31. The summed E-state index contributed by atoms with van der Waals surface area (Å²) >= 11 is 0. The fraction of sp³-hybridized carbons (Fsp3) is 0.200. The second-order valence-electron chi connectivity index (χ2n) is 6.46. The molecule has 4 rings (SSSR count). The minimum absolute atomic E-state index is 0.362. The van der Waals surface area contributed by atoms with E-state index in [2.05, 4.69) is 20.8 Å². The number of H-pyrrole nitrogens is 1. The molecule has 3 N–H and O–H groups in total. The third kappa shape index (κ3) is 3.76. The maximum absolute atomic E-state index is 13.3. The zero-order valence-electron chi connectivity index (χ0n) is 14.8. The van der Waals surface area contributed by atoms with Crippen molar-refractivity contribution in [3.05, 3.63) is 60.0 Å². The molecule has 3 aromatic rings. The van der Waals surface area contributed by atoms with Crippen LogP contribution in [0, 0.1) is 5.82 Å². The van der Waals surface area contributed by atoms with Crippen LogP contribution in [-0.2, 0) is 0 Å². The molecule has 27 heavy (non-hydrogen) atoms. The Morgan fingerprint density at radius 3 is 2.74 bits per heavy atom. The summed E-state index contributed by atoms with van der Waals surface area (Å²) in [7, 11) is 1.60. The van der Waals surface area contributed by atoms with Crippen LogP contribution in [0.3, 0.4) is 0 Å². The topological polar surface area (TPSA) is 79.0 Å². The lowest BCUT2D eigenvalue weighted by Crippen LogP contribution is -2.20. The smallest absolute Gasteiger partial charge is 0.323 e. The molecule has 2 amide bonds. The molecule has 1 saturated carbocycles. The van der Waals surface area contributed by atoms with Crippen LogP contribution in [0.4, 0.5) is 20.6 Å². The Hall–Kier alpha value is -3.35. The lowest BCUT2D eigenvalue weighted by molar-refractivity contribution is 0.262. The number of amides is 2. The maximum Gasteiger partial charge on any atom is 0.323 e. The van der Waals surface area contributed by atoms with Crippen molar-refractivity contribution < 1.29 is 13.9 Å². The number of nitrogens with zero attached hydrogens (tertiary/aromatic N) is 1. The van der Waals surface area contributed by atoms with Crippen LogP contribution in [0.2, 0.25) is 0 Å². The Bertz CT molecular complexity index is 982. The van der Waals surface area contributed by atoms with Crippen LogP contribution >= 0.6 is 0 Å². The van der Waals surface area contributed by atoms with E-state index < -0.39 is 11.8 Å². The third-order valence-corrected chi connectivity index (χ3v) is 4.44. The van der Waals surface area contributed by atoms with Crippen molar-refractivity contribution in [3.63, 3.8) is 0 Å². The van der Waals surface area contributed by atoms with E-state index in [4.69, 9.17) is 4.74 Å². The molecule has 0 spiro atoms. The number of aromatic amines is 1. The van der Waals surface area contributed by atoms with Crippen molar-refractivity contribution in [2.75, 3.05) is 17.7 Å². The van der Waals surface area contributed by atoms with Crippen molar-refractivity contribution >= 4 is 17.4 Å². The fourth-order valence-corrected chi connectivity index (χ4v) is 2.97. The highest BCUT2D eigenvalue weighted by atomic mass is 19.1. The van der Waals surface area contributed by atoms with Gasteiger partial charge in [-0.05, 0) is 43.2 Å². The average molecular weight is 366 g/mol. The van der Waals surface area contributed by atoms with E-state index in [9.17, 15) is 9.18 Å². The summed E-state index contributed by atoms with van der Waals surface area (Å²) in [5.74, 6) is 0.659. The Kier molecular flexibility index (Phi) is 4.50. The van der Waals surface area contributed by atoms with Gasteiger partial charge in [0, 0.05) is 17.2 Å². The van der Waals surface area contributed by atoms with Gasteiger partial charge in [-0.2, -0.15) is 5.10 Å². The molecule has 0 aliphatic heterocycles. The zero-order chi connectivity index (χ0) is 18.8. The SMILES string of the molecule is COc1cccc(-c2n[nH]c(C3CC3)c2NC(=O)Nc2cccc(F)c2)c1. The molecule has 0 bridgehead atoms. The van der Waals surface area contributed by atoms with E-state index >= 15 is 0 Å². The van der Waals surface area contributed by atoms with E-state index in [0.717, 1.165) is 24.1 Å². The van der Waals surface area contributed by atoms with Gasteiger partial charge in [0.25, 0.3) is 0 Å². The van der Waals surface area contributed by atoms with Gasteiger partial charge in [0.2, 0.25) is 0 Å². The summed E-state index contributed by atoms with van der Waals surface area (Å²) in [6, 6.07) is 12.8. The number of ether oxygens (including phenoxy) is 1. The lowest BCUT2D eigenvalue weighted by Gasteiger charge is -2.10. The van der Waals surface area contributed by atoms with Crippen LogP contribution in [0.25, 0.3) is 11.3 Å². The summed E-state index contributed by atoms with van der Waals surface area (Å²) in [5, 5.41) is 13.0. The van der Waals surface area contributed by atoms with Gasteiger partial charge in [0.1, 0.15) is 17.3 Å². The number of methoxy groups -OCH3 is 1. The summed E-state index contributed by atoms with van der Waals surface area (Å²) in [4.78, 5) is 12.5. The number of hydrogen-bond acceptors (Lipinski definition) is 3. The molecular weight excluding hydrogens is 347 g/mol. The van der Waals surface area contributed by atoms with Crippen LogP contribution in [-0.4, -0.2) is 23.3 Å². The minimum Gasteiger partial charge on any atom is -0.497 e. The van der Waals surface area contributed by atoms with E-state index in [1.165, 1.54) is 12.1 Å². The fourth-order valence-electron chi connectivity index (χ4n) is 2.97. The molecule has 1 heterocycles. The molecule has 1 aliphatic rings. The van der Waals surface area contributed by atoms with E-state index in [0.29, 0.717) is 28.7 Å². The highest BCUT2D eigenvalue weighted by molar-refractivity contribution is 6.02. The zero-order valence-corrected chi connectivity index (χ0v) is 14.8. The Morgan fingerprint density at radius 2 is 2.00 bits per heavy atom. The molecule has 1 aromatic heterocycles. The van der Waals surface area contributed by atoms with Crippen molar-refractivity contribution in [1.82, 2.24) is 10.2 Å². The first-order valence-electron chi connectivity index (χ1n) is 8.70. The monoisotopic (exact) mass is 366 g/mol. The lowest BCUT2D eigenvalue weighted by atomic mass is 10.1. The van der Waals surface area contributed by atoms with Gasteiger partial charge in [-0.1, -0.05) is 18.2 Å². The standard InChI is InChI=1S/C20H19FN4O2/c1-27-16-7-2-4-13(10-16)18-19(17(24-25-18)12-8-9-12)23-20(26)22-15-6-3-5-14(21)11-15/h2-7,10-12H,8-9H2,1H3,(H,24,25)(H2,22,23,26). The number of halogens is 1. The molecule has 2 aromatic carbocycles. The molecule has 7 heteroatoms. The van der Waals surface area contributed by atoms with E-state index in [1.807, 2.05) is 24.3 Å². The number of urea groups is 1. The van der Waals surface area contributed by atoms with Crippen LogP contribution < -0.4 is 15.4 Å². The number of nitrogens with one attached hydrogen (secondary N) is 3. The van der Waals surface area contributed by atoms with Gasteiger partial charge in [-0.15, -0.1) is 0 Å². The van der Waals surface area contributed by atoms with Gasteiger partial charge in [0.15, 0.2) is 0 Å². The molecule has 1 fully saturated rings. The first kappa shape index (κ1) is 17.1. The van der Waals surface area contributed by atoms with Crippen LogP contribution in [0.5, 0.6) is 5.75 Å². The van der Waals surface area contributed by atoms with Gasteiger partial charge in [-0.3, -0.25) is 5.10 Å². The van der Waals surface area contributed by atoms with Gasteiger partial charge in [0.05, 0.1) is 18.5 Å². The molecule has 6 nitrogen and oxygen atoms in total. The maximum atomic E-state index is 13.3. The first-order chi connectivity index (χ1) is 13.1. The number of aromatic nitrogens is 2. The number of benzene rings is 2. The quantitative estimate of drug-likeness (QED) is 0.610. The highest BCUT2D eigenvalue weighted by Crippen LogP contribution is 2.45. The van der Waals surface area contributed by atoms with Crippen molar-refractivity contribution in [3.8, 4) is 17.0 Å². The predicted molar refractivity (Wildman–Crippen MR) is 102 cm³/mol. The van der Waals surface area contributed by atoms with Crippen LogP contribution in [0.1, 0.15) is 24.5 Å². The van der Waals surface area contributed by atoms with Gasteiger partial charge >= 0.3 is 6.03 Å². The Balaban J connectivity index is 1.62. The van der Waals surface area contributed by atoms with Gasteiger partial charge < -0.3 is 15.4 Å². The number of carbonyl (C=O) groups excluding carboxylic acids is 1. The van der Waals surface area contributed by atoms with Crippen molar-refractivity contribution in [1.29, 1.82) is 0 Å². The third-order valence-electron chi connectivity index (χ3n) is 4.44. The van der Waals surface area contributed by atoms with E-state index in [1.54, 1.807) is 19.2 Å². The summed E-state index contributed by atoms with van der Waals surface area (Å²) in [6.07, 6.45) is 2.11. The van der Waals surface area contributed by atoms with E-state index in [-0.39, 0.29) is 0 Å². The number of rotatable bonds is 5. The summed E-state index contributed by atoms with van der Waals surface area (Å²) in [6.45, 7) is 0. The molecule has 0 atom stereocenters. The first-order valence-corrected chi connectivity index (χ1v) is 8.70. The average Bonchev–Trinajstić information content (AvgIpc) is 3.42. The number of anilines is 2. The normalized spacial score (nSPS) is 13.3. The number of carbonyl (C=O) groups is 1. The Labute approximate surface area is 155 Å².